The van der Waals surface area contributed by atoms with E-state index >= 15 is 0 Å². The summed E-state index contributed by atoms with van der Waals surface area (Å²) in [6.45, 7) is 1.97. The lowest BCUT2D eigenvalue weighted by atomic mass is 9.85. The number of anilines is 2. The molecule has 5 nitrogen and oxygen atoms in total. The van der Waals surface area contributed by atoms with E-state index in [4.69, 9.17) is 16.3 Å². The molecule has 0 radical (unpaired) electrons. The molecule has 3 aromatic carbocycles. The van der Waals surface area contributed by atoms with Gasteiger partial charge < -0.3 is 15.0 Å². The number of nitrogens with one attached hydrogen (secondary N) is 1. The molecule has 2 atom stereocenters. The fourth-order valence-electron chi connectivity index (χ4n) is 4.01. The molecule has 0 unspecified atom stereocenters. The number of amides is 2. The van der Waals surface area contributed by atoms with E-state index in [1.807, 2.05) is 31.2 Å². The monoisotopic (exact) mass is 434 g/mol. The predicted octanol–water partition coefficient (Wildman–Crippen LogP) is 5.51. The van der Waals surface area contributed by atoms with E-state index in [-0.39, 0.29) is 23.8 Å². The standard InChI is InChI=1S/C25H23ClN2O3/c1-16-15-22(24(29)27-19-11-9-18(26)10-12-19)21-5-3-4-6-23(21)28(16)25(30)17-7-13-20(31-2)14-8-17/h3-14,16,22H,15H2,1-2H3,(H,27,29)/t16-,22-/m1/s1. The smallest absolute Gasteiger partial charge is 0.258 e. The van der Waals surface area contributed by atoms with Crippen LogP contribution in [0.4, 0.5) is 11.4 Å². The van der Waals surface area contributed by atoms with Crippen molar-refractivity contribution >= 4 is 34.8 Å². The highest BCUT2D eigenvalue weighted by atomic mass is 35.5. The molecule has 0 aromatic heterocycles. The number of benzene rings is 3. The molecule has 158 valence electrons. The van der Waals surface area contributed by atoms with Gasteiger partial charge in [0.2, 0.25) is 5.91 Å². The summed E-state index contributed by atoms with van der Waals surface area (Å²) in [5, 5.41) is 3.59. The first-order chi connectivity index (χ1) is 15.0. The Labute approximate surface area is 186 Å². The second-order valence-corrected chi connectivity index (χ2v) is 8.03. The maximum absolute atomic E-state index is 13.3. The number of ether oxygens (including phenoxy) is 1. The molecule has 0 spiro atoms. The van der Waals surface area contributed by atoms with Gasteiger partial charge >= 0.3 is 0 Å². The Hall–Kier alpha value is -3.31. The minimum Gasteiger partial charge on any atom is -0.497 e. The van der Waals surface area contributed by atoms with Gasteiger partial charge in [0.15, 0.2) is 0 Å². The molecule has 0 saturated carbocycles. The van der Waals surface area contributed by atoms with Crippen LogP contribution in [0.25, 0.3) is 0 Å². The average Bonchev–Trinajstić information content (AvgIpc) is 2.79. The fraction of sp³-hybridized carbons (Fsp3) is 0.200. The van der Waals surface area contributed by atoms with Crippen LogP contribution in [0.3, 0.4) is 0 Å². The summed E-state index contributed by atoms with van der Waals surface area (Å²) in [7, 11) is 1.59. The Morgan fingerprint density at radius 2 is 1.68 bits per heavy atom. The average molecular weight is 435 g/mol. The molecular weight excluding hydrogens is 412 g/mol. The van der Waals surface area contributed by atoms with Crippen molar-refractivity contribution in [3.8, 4) is 5.75 Å². The lowest BCUT2D eigenvalue weighted by Crippen LogP contribution is -2.45. The molecule has 1 aliphatic rings. The number of rotatable bonds is 4. The molecule has 2 amide bonds. The number of nitrogens with zero attached hydrogens (tertiary/aromatic N) is 1. The molecule has 6 heteroatoms. The minimum atomic E-state index is -0.359. The number of fused-ring (bicyclic) bond motifs is 1. The third kappa shape index (κ3) is 4.28. The van der Waals surface area contributed by atoms with Gasteiger partial charge in [-0.15, -0.1) is 0 Å². The summed E-state index contributed by atoms with van der Waals surface area (Å²) in [4.78, 5) is 28.2. The molecule has 0 aliphatic carbocycles. The van der Waals surface area contributed by atoms with Crippen molar-refractivity contribution in [1.82, 2.24) is 0 Å². The molecule has 3 aromatic rings. The summed E-state index contributed by atoms with van der Waals surface area (Å²) in [6, 6.07) is 21.6. The van der Waals surface area contributed by atoms with E-state index in [9.17, 15) is 9.59 Å². The minimum absolute atomic E-state index is 0.0980. The number of para-hydroxylation sites is 1. The zero-order valence-electron chi connectivity index (χ0n) is 17.3. The van der Waals surface area contributed by atoms with Gasteiger partial charge in [0.1, 0.15) is 5.75 Å². The third-order valence-electron chi connectivity index (χ3n) is 5.57. The molecule has 1 heterocycles. The second kappa shape index (κ2) is 8.82. The highest BCUT2D eigenvalue weighted by Gasteiger charge is 2.37. The van der Waals surface area contributed by atoms with Gasteiger partial charge in [-0.1, -0.05) is 29.8 Å². The van der Waals surface area contributed by atoms with Gasteiger partial charge in [0, 0.05) is 28.0 Å². The zero-order valence-corrected chi connectivity index (χ0v) is 18.1. The third-order valence-corrected chi connectivity index (χ3v) is 5.83. The molecule has 4 rings (SSSR count). The summed E-state index contributed by atoms with van der Waals surface area (Å²) in [6.07, 6.45) is 0.526. The lowest BCUT2D eigenvalue weighted by Gasteiger charge is -2.39. The van der Waals surface area contributed by atoms with Gasteiger partial charge in [0.05, 0.1) is 13.0 Å². The molecule has 1 N–H and O–H groups in total. The largest absolute Gasteiger partial charge is 0.497 e. The van der Waals surface area contributed by atoms with Crippen LogP contribution in [0.15, 0.2) is 72.8 Å². The first-order valence-electron chi connectivity index (χ1n) is 10.1. The SMILES string of the molecule is COc1ccc(C(=O)N2c3ccccc3[C@H](C(=O)Nc3ccc(Cl)cc3)C[C@H]2C)cc1. The fourth-order valence-corrected chi connectivity index (χ4v) is 4.13. The van der Waals surface area contributed by atoms with E-state index in [0.717, 1.165) is 11.3 Å². The van der Waals surface area contributed by atoms with Crippen molar-refractivity contribution < 1.29 is 14.3 Å². The number of halogens is 1. The maximum atomic E-state index is 13.3. The van der Waals surface area contributed by atoms with E-state index in [2.05, 4.69) is 5.32 Å². The first-order valence-corrected chi connectivity index (χ1v) is 10.5. The van der Waals surface area contributed by atoms with Crippen molar-refractivity contribution in [3.05, 3.63) is 88.9 Å². The van der Waals surface area contributed by atoms with Crippen LogP contribution in [0, 0.1) is 0 Å². The number of carbonyl (C=O) groups is 2. The Morgan fingerprint density at radius 3 is 2.35 bits per heavy atom. The van der Waals surface area contributed by atoms with Crippen LogP contribution in [-0.2, 0) is 4.79 Å². The predicted molar refractivity (Wildman–Crippen MR) is 123 cm³/mol. The molecule has 0 saturated heterocycles. The van der Waals surface area contributed by atoms with Crippen molar-refractivity contribution in [2.24, 2.45) is 0 Å². The van der Waals surface area contributed by atoms with Crippen molar-refractivity contribution in [1.29, 1.82) is 0 Å². The van der Waals surface area contributed by atoms with Gasteiger partial charge in [0.25, 0.3) is 5.91 Å². The number of carbonyl (C=O) groups excluding carboxylic acids is 2. The van der Waals surface area contributed by atoms with Gasteiger partial charge in [-0.25, -0.2) is 0 Å². The second-order valence-electron chi connectivity index (χ2n) is 7.60. The highest BCUT2D eigenvalue weighted by molar-refractivity contribution is 6.30. The zero-order chi connectivity index (χ0) is 22.0. The molecule has 1 aliphatic heterocycles. The Balaban J connectivity index is 1.63. The van der Waals surface area contributed by atoms with Crippen LogP contribution < -0.4 is 15.0 Å². The van der Waals surface area contributed by atoms with Gasteiger partial charge in [-0.2, -0.15) is 0 Å². The van der Waals surface area contributed by atoms with Crippen molar-refractivity contribution in [3.63, 3.8) is 0 Å². The summed E-state index contributed by atoms with van der Waals surface area (Å²) >= 11 is 5.94. The first kappa shape index (κ1) is 20.9. The molecule has 31 heavy (non-hydrogen) atoms. The Kier molecular flexibility index (Phi) is 5.96. The van der Waals surface area contributed by atoms with Crippen molar-refractivity contribution in [2.45, 2.75) is 25.3 Å². The van der Waals surface area contributed by atoms with Crippen LogP contribution in [0.5, 0.6) is 5.75 Å². The molecule has 0 bridgehead atoms. The Bertz CT molecular complexity index is 1100. The van der Waals surface area contributed by atoms with E-state index in [1.165, 1.54) is 0 Å². The van der Waals surface area contributed by atoms with Crippen LogP contribution in [0.1, 0.15) is 35.2 Å². The van der Waals surface area contributed by atoms with E-state index in [1.54, 1.807) is 60.5 Å². The normalized spacial score (nSPS) is 17.6. The quantitative estimate of drug-likeness (QED) is 0.589. The van der Waals surface area contributed by atoms with Gasteiger partial charge in [-0.3, -0.25) is 9.59 Å². The lowest BCUT2D eigenvalue weighted by molar-refractivity contribution is -0.117. The van der Waals surface area contributed by atoms with Crippen LogP contribution in [0.2, 0.25) is 5.02 Å². The number of hydrogen-bond acceptors (Lipinski definition) is 3. The van der Waals surface area contributed by atoms with Gasteiger partial charge in [-0.05, 0) is 73.5 Å². The topological polar surface area (TPSA) is 58.6 Å². The number of methoxy groups -OCH3 is 1. The number of hydrogen-bond donors (Lipinski definition) is 1. The molecule has 0 fully saturated rings. The summed E-state index contributed by atoms with van der Waals surface area (Å²) in [5.41, 5.74) is 2.87. The summed E-state index contributed by atoms with van der Waals surface area (Å²) in [5.74, 6) is 0.140. The van der Waals surface area contributed by atoms with E-state index in [0.29, 0.717) is 28.4 Å². The van der Waals surface area contributed by atoms with Crippen LogP contribution in [-0.4, -0.2) is 25.0 Å². The van der Waals surface area contributed by atoms with E-state index < -0.39 is 0 Å². The maximum Gasteiger partial charge on any atom is 0.258 e. The molecular formula is C25H23ClN2O3. The Morgan fingerprint density at radius 1 is 1.00 bits per heavy atom. The summed E-state index contributed by atoms with van der Waals surface area (Å²) < 4.78 is 5.19. The van der Waals surface area contributed by atoms with Crippen molar-refractivity contribution in [2.75, 3.05) is 17.3 Å². The highest BCUT2D eigenvalue weighted by Crippen LogP contribution is 2.40. The van der Waals surface area contributed by atoms with Crippen LogP contribution >= 0.6 is 11.6 Å².